The summed E-state index contributed by atoms with van der Waals surface area (Å²) in [6.07, 6.45) is 0.348. The number of amides is 2. The smallest absolute Gasteiger partial charge is 0.264 e. The first kappa shape index (κ1) is 30.5. The molecule has 0 heterocycles. The van der Waals surface area contributed by atoms with Crippen molar-refractivity contribution in [1.82, 2.24) is 10.2 Å². The largest absolute Gasteiger partial charge is 0.497 e. The zero-order valence-electron chi connectivity index (χ0n) is 23.6. The lowest BCUT2D eigenvalue weighted by atomic mass is 10.1. The third-order valence-corrected chi connectivity index (χ3v) is 8.29. The van der Waals surface area contributed by atoms with Crippen LogP contribution in [0.1, 0.15) is 31.4 Å². The molecular weight excluding hydrogens is 530 g/mol. The van der Waals surface area contributed by atoms with E-state index in [0.29, 0.717) is 30.2 Å². The van der Waals surface area contributed by atoms with E-state index >= 15 is 0 Å². The van der Waals surface area contributed by atoms with Gasteiger partial charge in [-0.05, 0) is 74.4 Å². The quantitative estimate of drug-likeness (QED) is 0.333. The number of carbonyl (C=O) groups excluding carboxylic acids is 2. The number of rotatable bonds is 13. The first-order chi connectivity index (χ1) is 19.1. The number of hydrogen-bond donors (Lipinski definition) is 1. The van der Waals surface area contributed by atoms with Gasteiger partial charge in [0.25, 0.3) is 10.0 Å². The van der Waals surface area contributed by atoms with Crippen LogP contribution in [0.2, 0.25) is 0 Å². The number of anilines is 1. The highest BCUT2D eigenvalue weighted by molar-refractivity contribution is 7.92. The maximum atomic E-state index is 14.0. The van der Waals surface area contributed by atoms with Crippen molar-refractivity contribution in [3.05, 3.63) is 83.9 Å². The summed E-state index contributed by atoms with van der Waals surface area (Å²) in [6, 6.07) is 19.3. The Bertz CT molecular complexity index is 1370. The number of sulfonamides is 1. The summed E-state index contributed by atoms with van der Waals surface area (Å²) in [5.41, 5.74) is 1.98. The first-order valence-corrected chi connectivity index (χ1v) is 14.5. The van der Waals surface area contributed by atoms with Crippen molar-refractivity contribution in [2.24, 2.45) is 0 Å². The number of nitrogens with one attached hydrogen (secondary N) is 1. The highest BCUT2D eigenvalue weighted by Crippen LogP contribution is 2.27. The predicted molar refractivity (Wildman–Crippen MR) is 155 cm³/mol. The molecule has 214 valence electrons. The van der Waals surface area contributed by atoms with Crippen molar-refractivity contribution >= 4 is 27.5 Å². The van der Waals surface area contributed by atoms with Crippen LogP contribution in [0.5, 0.6) is 11.5 Å². The van der Waals surface area contributed by atoms with E-state index in [1.165, 1.54) is 24.1 Å². The molecule has 0 saturated carbocycles. The van der Waals surface area contributed by atoms with Crippen molar-refractivity contribution < 1.29 is 27.5 Å². The Kier molecular flexibility index (Phi) is 10.6. The highest BCUT2D eigenvalue weighted by atomic mass is 32.2. The minimum absolute atomic E-state index is 0.0548. The van der Waals surface area contributed by atoms with Crippen molar-refractivity contribution in [3.8, 4) is 11.5 Å². The highest BCUT2D eigenvalue weighted by Gasteiger charge is 2.33. The molecule has 0 saturated heterocycles. The summed E-state index contributed by atoms with van der Waals surface area (Å²) in [6.45, 7) is 5.50. The molecule has 0 aliphatic carbocycles. The molecule has 0 bridgehead atoms. The van der Waals surface area contributed by atoms with Crippen LogP contribution < -0.4 is 19.1 Å². The van der Waals surface area contributed by atoms with Crippen LogP contribution in [-0.4, -0.2) is 58.5 Å². The molecule has 0 aromatic heterocycles. The van der Waals surface area contributed by atoms with Crippen molar-refractivity contribution in [1.29, 1.82) is 0 Å². The van der Waals surface area contributed by atoms with E-state index in [0.717, 1.165) is 15.4 Å². The van der Waals surface area contributed by atoms with Gasteiger partial charge >= 0.3 is 0 Å². The van der Waals surface area contributed by atoms with Crippen LogP contribution in [0.15, 0.2) is 77.7 Å². The van der Waals surface area contributed by atoms with Crippen LogP contribution in [0, 0.1) is 6.92 Å². The molecule has 0 fully saturated rings. The van der Waals surface area contributed by atoms with Crippen LogP contribution in [0.4, 0.5) is 5.69 Å². The molecule has 10 heteroatoms. The van der Waals surface area contributed by atoms with Gasteiger partial charge in [0, 0.05) is 13.1 Å². The number of likely N-dealkylation sites (N-methyl/N-ethyl adjacent to an activating group) is 1. The summed E-state index contributed by atoms with van der Waals surface area (Å²) >= 11 is 0. The Hall–Kier alpha value is -4.05. The van der Waals surface area contributed by atoms with E-state index in [-0.39, 0.29) is 17.3 Å². The van der Waals surface area contributed by atoms with Gasteiger partial charge in [-0.2, -0.15) is 0 Å². The average molecular weight is 568 g/mol. The Morgan fingerprint density at radius 1 is 0.850 bits per heavy atom. The molecule has 1 atom stereocenters. The summed E-state index contributed by atoms with van der Waals surface area (Å²) in [4.78, 5) is 28.5. The monoisotopic (exact) mass is 567 g/mol. The lowest BCUT2D eigenvalue weighted by Gasteiger charge is -2.33. The van der Waals surface area contributed by atoms with E-state index < -0.39 is 28.5 Å². The van der Waals surface area contributed by atoms with Gasteiger partial charge < -0.3 is 19.7 Å². The average Bonchev–Trinajstić information content (AvgIpc) is 2.96. The Morgan fingerprint density at radius 3 is 1.90 bits per heavy atom. The van der Waals surface area contributed by atoms with Gasteiger partial charge in [0.15, 0.2) is 0 Å². The number of aryl methyl sites for hydroxylation is 1. The molecule has 0 spiro atoms. The van der Waals surface area contributed by atoms with Crippen LogP contribution >= 0.6 is 0 Å². The van der Waals surface area contributed by atoms with Crippen molar-refractivity contribution in [2.75, 3.05) is 31.6 Å². The molecule has 0 unspecified atom stereocenters. The Labute approximate surface area is 236 Å². The second-order valence-corrected chi connectivity index (χ2v) is 11.1. The van der Waals surface area contributed by atoms with E-state index in [1.54, 1.807) is 62.6 Å². The SMILES string of the molecule is CCNC(=O)[C@H](CC)N(Cc1ccc(OC)cc1)C(=O)CN(c1ccc(OC)cc1)S(=O)(=O)c1ccc(C)cc1. The van der Waals surface area contributed by atoms with Gasteiger partial charge in [-0.1, -0.05) is 36.8 Å². The van der Waals surface area contributed by atoms with Gasteiger partial charge in [0.05, 0.1) is 24.8 Å². The van der Waals surface area contributed by atoms with Gasteiger partial charge in [-0.15, -0.1) is 0 Å². The third-order valence-electron chi connectivity index (χ3n) is 6.50. The van der Waals surface area contributed by atoms with Crippen molar-refractivity contribution in [3.63, 3.8) is 0 Å². The zero-order valence-corrected chi connectivity index (χ0v) is 24.4. The topological polar surface area (TPSA) is 105 Å². The molecule has 9 nitrogen and oxygen atoms in total. The number of nitrogens with zero attached hydrogens (tertiary/aromatic N) is 2. The van der Waals surface area contributed by atoms with E-state index in [1.807, 2.05) is 26.0 Å². The Balaban J connectivity index is 2.05. The fourth-order valence-corrected chi connectivity index (χ4v) is 5.67. The molecule has 3 aromatic carbocycles. The summed E-state index contributed by atoms with van der Waals surface area (Å²) < 4.78 is 39.3. The van der Waals surface area contributed by atoms with Crippen LogP contribution in [-0.2, 0) is 26.2 Å². The minimum atomic E-state index is -4.14. The third kappa shape index (κ3) is 7.32. The van der Waals surface area contributed by atoms with Gasteiger partial charge in [-0.25, -0.2) is 8.42 Å². The predicted octanol–water partition coefficient (Wildman–Crippen LogP) is 4.15. The molecule has 1 N–H and O–H groups in total. The van der Waals surface area contributed by atoms with Gasteiger partial charge in [0.2, 0.25) is 11.8 Å². The summed E-state index contributed by atoms with van der Waals surface area (Å²) in [5, 5.41) is 2.80. The number of ether oxygens (including phenoxy) is 2. The standard InChI is InChI=1S/C30H37N3O6S/c1-6-28(30(35)31-7-2)32(20-23-10-14-25(38-4)15-11-23)29(34)21-33(24-12-16-26(39-5)17-13-24)40(36,37)27-18-8-22(3)9-19-27/h8-19,28H,6-7,20-21H2,1-5H3,(H,31,35)/t28-/m0/s1. The van der Waals surface area contributed by atoms with Crippen molar-refractivity contribution in [2.45, 2.75) is 44.7 Å². The number of carbonyl (C=O) groups is 2. The lowest BCUT2D eigenvalue weighted by molar-refractivity contribution is -0.140. The second-order valence-electron chi connectivity index (χ2n) is 9.21. The van der Waals surface area contributed by atoms with E-state index in [9.17, 15) is 18.0 Å². The molecule has 3 rings (SSSR count). The molecule has 3 aromatic rings. The maximum Gasteiger partial charge on any atom is 0.264 e. The number of methoxy groups -OCH3 is 2. The summed E-state index contributed by atoms with van der Waals surface area (Å²) in [5.74, 6) is 0.392. The molecule has 0 radical (unpaired) electrons. The Morgan fingerprint density at radius 2 is 1.40 bits per heavy atom. The molecule has 0 aliphatic heterocycles. The lowest BCUT2D eigenvalue weighted by Crippen LogP contribution is -2.52. The molecule has 0 aliphatic rings. The molecular formula is C30H37N3O6S. The fraction of sp³-hybridized carbons (Fsp3) is 0.333. The number of hydrogen-bond acceptors (Lipinski definition) is 6. The van der Waals surface area contributed by atoms with E-state index in [2.05, 4.69) is 5.32 Å². The van der Waals surface area contributed by atoms with Crippen LogP contribution in [0.3, 0.4) is 0 Å². The maximum absolute atomic E-state index is 14.0. The fourth-order valence-electron chi connectivity index (χ4n) is 4.25. The molecule has 40 heavy (non-hydrogen) atoms. The molecule has 2 amide bonds. The zero-order chi connectivity index (χ0) is 29.3. The van der Waals surface area contributed by atoms with Gasteiger partial charge in [0.1, 0.15) is 24.1 Å². The minimum Gasteiger partial charge on any atom is -0.497 e. The van der Waals surface area contributed by atoms with Crippen LogP contribution in [0.25, 0.3) is 0 Å². The van der Waals surface area contributed by atoms with E-state index in [4.69, 9.17) is 9.47 Å². The normalized spacial score (nSPS) is 11.8. The van der Waals surface area contributed by atoms with Gasteiger partial charge in [-0.3, -0.25) is 13.9 Å². The summed E-state index contributed by atoms with van der Waals surface area (Å²) in [7, 11) is -1.05. The number of benzene rings is 3. The second kappa shape index (κ2) is 13.8. The first-order valence-electron chi connectivity index (χ1n) is 13.1.